The number of hydrogen-bond donors (Lipinski definition) is 1. The van der Waals surface area contributed by atoms with Gasteiger partial charge in [-0.3, -0.25) is 9.10 Å². The number of anilines is 2. The van der Waals surface area contributed by atoms with Crippen molar-refractivity contribution in [2.45, 2.75) is 18.7 Å². The van der Waals surface area contributed by atoms with Gasteiger partial charge in [-0.25, -0.2) is 8.42 Å². The maximum absolute atomic E-state index is 13.3. The average molecular weight is 429 g/mol. The Kier molecular flexibility index (Phi) is 6.25. The van der Waals surface area contributed by atoms with Gasteiger partial charge in [0.05, 0.1) is 10.6 Å². The number of carbonyl (C=O) groups excluding carboxylic acids is 1. The molecule has 0 aliphatic carbocycles. The smallest absolute Gasteiger partial charge is 0.264 e. The van der Waals surface area contributed by atoms with E-state index in [1.165, 1.54) is 12.1 Å². The van der Waals surface area contributed by atoms with Gasteiger partial charge in [0.2, 0.25) is 5.91 Å². The van der Waals surface area contributed by atoms with E-state index in [1.807, 2.05) is 26.0 Å². The largest absolute Gasteiger partial charge is 0.324 e. The highest BCUT2D eigenvalue weighted by Crippen LogP contribution is 2.27. The number of hydrogen-bond acceptors (Lipinski definition) is 3. The maximum Gasteiger partial charge on any atom is 0.264 e. The standard InChI is InChI=1S/C22H21ClN2O3S/c1-16-11-12-21(17(2)13-16)25(29(27,28)20-9-4-3-5-10-20)15-22(26)24-19-8-6-7-18(23)14-19/h3-14H,15H2,1-2H3,(H,24,26). The number of sulfonamides is 1. The normalized spacial score (nSPS) is 11.1. The molecule has 0 saturated heterocycles. The molecule has 0 aliphatic heterocycles. The Morgan fingerprint density at radius 3 is 2.34 bits per heavy atom. The summed E-state index contributed by atoms with van der Waals surface area (Å²) in [5.41, 5.74) is 2.73. The van der Waals surface area contributed by atoms with E-state index in [0.29, 0.717) is 16.4 Å². The zero-order chi connectivity index (χ0) is 21.0. The van der Waals surface area contributed by atoms with E-state index >= 15 is 0 Å². The molecule has 0 saturated carbocycles. The van der Waals surface area contributed by atoms with Gasteiger partial charge in [-0.15, -0.1) is 0 Å². The molecule has 0 fully saturated rings. The molecule has 7 heteroatoms. The van der Waals surface area contributed by atoms with Gasteiger partial charge in [0.15, 0.2) is 0 Å². The van der Waals surface area contributed by atoms with Crippen molar-refractivity contribution in [3.8, 4) is 0 Å². The van der Waals surface area contributed by atoms with Crippen molar-refractivity contribution in [1.29, 1.82) is 0 Å². The summed E-state index contributed by atoms with van der Waals surface area (Å²) in [5, 5.41) is 3.19. The van der Waals surface area contributed by atoms with Crippen LogP contribution in [0.2, 0.25) is 5.02 Å². The number of nitrogens with one attached hydrogen (secondary N) is 1. The van der Waals surface area contributed by atoms with E-state index in [2.05, 4.69) is 5.32 Å². The molecule has 150 valence electrons. The molecule has 0 aliphatic rings. The van der Waals surface area contributed by atoms with Gasteiger partial charge >= 0.3 is 0 Å². The monoisotopic (exact) mass is 428 g/mol. The van der Waals surface area contributed by atoms with Crippen LogP contribution in [0.3, 0.4) is 0 Å². The minimum atomic E-state index is -3.94. The lowest BCUT2D eigenvalue weighted by molar-refractivity contribution is -0.114. The second-order valence-corrected chi connectivity index (χ2v) is 8.97. The number of nitrogens with zero attached hydrogens (tertiary/aromatic N) is 1. The van der Waals surface area contributed by atoms with E-state index in [0.717, 1.165) is 15.4 Å². The van der Waals surface area contributed by atoms with Gasteiger partial charge in [0.25, 0.3) is 10.0 Å². The number of benzene rings is 3. The van der Waals surface area contributed by atoms with Crippen LogP contribution in [0, 0.1) is 13.8 Å². The van der Waals surface area contributed by atoms with E-state index in [9.17, 15) is 13.2 Å². The molecule has 0 unspecified atom stereocenters. The Balaban J connectivity index is 1.98. The van der Waals surface area contributed by atoms with Gasteiger partial charge < -0.3 is 5.32 Å². The lowest BCUT2D eigenvalue weighted by atomic mass is 10.1. The molecule has 3 aromatic rings. The first-order valence-corrected chi connectivity index (χ1v) is 10.8. The molecular weight excluding hydrogens is 408 g/mol. The minimum absolute atomic E-state index is 0.121. The molecule has 0 atom stereocenters. The van der Waals surface area contributed by atoms with Crippen LogP contribution in [0.1, 0.15) is 11.1 Å². The summed E-state index contributed by atoms with van der Waals surface area (Å²) in [6.07, 6.45) is 0. The van der Waals surface area contributed by atoms with Crippen LogP contribution in [-0.2, 0) is 14.8 Å². The highest BCUT2D eigenvalue weighted by atomic mass is 35.5. The van der Waals surface area contributed by atoms with Crippen molar-refractivity contribution in [3.63, 3.8) is 0 Å². The Hall–Kier alpha value is -2.83. The van der Waals surface area contributed by atoms with Crippen LogP contribution >= 0.6 is 11.6 Å². The fourth-order valence-corrected chi connectivity index (χ4v) is 4.70. The third kappa shape index (κ3) is 4.96. The lowest BCUT2D eigenvalue weighted by Crippen LogP contribution is -2.38. The van der Waals surface area contributed by atoms with Crippen molar-refractivity contribution in [3.05, 3.63) is 88.9 Å². The molecule has 5 nitrogen and oxygen atoms in total. The number of aryl methyl sites for hydroxylation is 2. The molecular formula is C22H21ClN2O3S. The molecule has 0 radical (unpaired) electrons. The number of carbonyl (C=O) groups is 1. The van der Waals surface area contributed by atoms with Crippen molar-refractivity contribution in [2.24, 2.45) is 0 Å². The summed E-state index contributed by atoms with van der Waals surface area (Å²) in [6.45, 7) is 3.39. The van der Waals surface area contributed by atoms with Crippen molar-refractivity contribution in [1.82, 2.24) is 0 Å². The molecule has 0 bridgehead atoms. The summed E-state index contributed by atoms with van der Waals surface area (Å²) in [7, 11) is -3.94. The van der Waals surface area contributed by atoms with Gasteiger partial charge in [-0.1, -0.05) is 53.6 Å². The lowest BCUT2D eigenvalue weighted by Gasteiger charge is -2.26. The van der Waals surface area contributed by atoms with Crippen LogP contribution < -0.4 is 9.62 Å². The molecule has 0 heterocycles. The third-order valence-corrected chi connectivity index (χ3v) is 6.36. The first-order valence-electron chi connectivity index (χ1n) is 8.98. The zero-order valence-electron chi connectivity index (χ0n) is 16.1. The zero-order valence-corrected chi connectivity index (χ0v) is 17.7. The SMILES string of the molecule is Cc1ccc(N(CC(=O)Nc2cccc(Cl)c2)S(=O)(=O)c2ccccc2)c(C)c1. The summed E-state index contributed by atoms with van der Waals surface area (Å²) >= 11 is 5.96. The quantitative estimate of drug-likeness (QED) is 0.613. The summed E-state index contributed by atoms with van der Waals surface area (Å²) < 4.78 is 27.8. The molecule has 0 spiro atoms. The topological polar surface area (TPSA) is 66.5 Å². The van der Waals surface area contributed by atoms with Crippen LogP contribution in [0.5, 0.6) is 0 Å². The van der Waals surface area contributed by atoms with E-state index in [-0.39, 0.29) is 11.4 Å². The fourth-order valence-electron chi connectivity index (χ4n) is 3.00. The highest BCUT2D eigenvalue weighted by Gasteiger charge is 2.28. The molecule has 1 amide bonds. The van der Waals surface area contributed by atoms with Crippen molar-refractivity contribution >= 4 is 38.9 Å². The van der Waals surface area contributed by atoms with Crippen molar-refractivity contribution < 1.29 is 13.2 Å². The number of halogens is 1. The van der Waals surface area contributed by atoms with Gasteiger partial charge in [-0.2, -0.15) is 0 Å². The van der Waals surface area contributed by atoms with Gasteiger partial charge in [-0.05, 0) is 55.8 Å². The predicted octanol–water partition coefficient (Wildman–Crippen LogP) is 4.79. The summed E-state index contributed by atoms with van der Waals surface area (Å²) in [5.74, 6) is -0.466. The average Bonchev–Trinajstić information content (AvgIpc) is 2.67. The van der Waals surface area contributed by atoms with Crippen molar-refractivity contribution in [2.75, 3.05) is 16.2 Å². The van der Waals surface area contributed by atoms with E-state index < -0.39 is 15.9 Å². The van der Waals surface area contributed by atoms with Crippen LogP contribution in [-0.4, -0.2) is 20.9 Å². The highest BCUT2D eigenvalue weighted by molar-refractivity contribution is 7.92. The fraction of sp³-hybridized carbons (Fsp3) is 0.136. The summed E-state index contributed by atoms with van der Waals surface area (Å²) in [6, 6.07) is 20.2. The minimum Gasteiger partial charge on any atom is -0.324 e. The Morgan fingerprint density at radius 1 is 0.966 bits per heavy atom. The molecule has 29 heavy (non-hydrogen) atoms. The van der Waals surface area contributed by atoms with Gasteiger partial charge in [0, 0.05) is 10.7 Å². The Bertz CT molecular complexity index is 1130. The second kappa shape index (κ2) is 8.68. The number of amides is 1. The molecule has 3 rings (SSSR count). The predicted molar refractivity (Wildman–Crippen MR) is 117 cm³/mol. The second-order valence-electron chi connectivity index (χ2n) is 6.67. The molecule has 0 aromatic heterocycles. The maximum atomic E-state index is 13.3. The van der Waals surface area contributed by atoms with Crippen LogP contribution in [0.4, 0.5) is 11.4 Å². The third-order valence-electron chi connectivity index (χ3n) is 4.35. The molecule has 3 aromatic carbocycles. The van der Waals surface area contributed by atoms with Gasteiger partial charge in [0.1, 0.15) is 6.54 Å². The van der Waals surface area contributed by atoms with Crippen LogP contribution in [0.15, 0.2) is 77.7 Å². The van der Waals surface area contributed by atoms with Crippen LogP contribution in [0.25, 0.3) is 0 Å². The van der Waals surface area contributed by atoms with E-state index in [1.54, 1.807) is 48.5 Å². The molecule has 1 N–H and O–H groups in total. The van der Waals surface area contributed by atoms with E-state index in [4.69, 9.17) is 11.6 Å². The Labute approximate surface area is 176 Å². The first kappa shape index (κ1) is 20.9. The summed E-state index contributed by atoms with van der Waals surface area (Å²) in [4.78, 5) is 12.8. The first-order chi connectivity index (χ1) is 13.8. The Morgan fingerprint density at radius 2 is 1.69 bits per heavy atom. The number of rotatable bonds is 6.